The fourth-order valence-electron chi connectivity index (χ4n) is 2.53. The molecule has 0 N–H and O–H groups in total. The van der Waals surface area contributed by atoms with Gasteiger partial charge in [-0.25, -0.2) is 9.97 Å². The Morgan fingerprint density at radius 1 is 1.04 bits per heavy atom. The van der Waals surface area contributed by atoms with Crippen molar-refractivity contribution >= 4 is 58.1 Å². The number of rotatable bonds is 4. The Balaban J connectivity index is 1.53. The molecule has 1 saturated heterocycles. The van der Waals surface area contributed by atoms with Gasteiger partial charge in [0.15, 0.2) is 6.61 Å². The monoisotopic (exact) mass is 434 g/mol. The van der Waals surface area contributed by atoms with Crippen molar-refractivity contribution in [1.82, 2.24) is 14.9 Å². The maximum Gasteiger partial charge on any atom is 0.260 e. The second kappa shape index (κ2) is 8.48. The second-order valence-electron chi connectivity index (χ2n) is 5.54. The van der Waals surface area contributed by atoms with Gasteiger partial charge in [-0.3, -0.25) is 4.79 Å². The zero-order chi connectivity index (χ0) is 18.7. The molecule has 10 heteroatoms. The smallest absolute Gasteiger partial charge is 0.260 e. The maximum atomic E-state index is 12.4. The van der Waals surface area contributed by atoms with Crippen LogP contribution < -0.4 is 9.64 Å². The summed E-state index contributed by atoms with van der Waals surface area (Å²) in [5.74, 6) is 0.937. The number of amides is 1. The van der Waals surface area contributed by atoms with E-state index in [-0.39, 0.29) is 17.8 Å². The molecule has 0 spiro atoms. The van der Waals surface area contributed by atoms with E-state index in [0.717, 1.165) is 5.82 Å². The van der Waals surface area contributed by atoms with Crippen molar-refractivity contribution in [2.45, 2.75) is 0 Å². The van der Waals surface area contributed by atoms with Crippen LogP contribution in [0.15, 0.2) is 24.4 Å². The summed E-state index contributed by atoms with van der Waals surface area (Å²) in [4.78, 5) is 24.2. The lowest BCUT2D eigenvalue weighted by atomic mass is 10.3. The van der Waals surface area contributed by atoms with Gasteiger partial charge in [0.1, 0.15) is 11.6 Å². The average molecular weight is 436 g/mol. The van der Waals surface area contributed by atoms with Gasteiger partial charge in [0.25, 0.3) is 5.91 Å². The van der Waals surface area contributed by atoms with Gasteiger partial charge in [0.2, 0.25) is 5.28 Å². The highest BCUT2D eigenvalue weighted by Crippen LogP contribution is 2.33. The summed E-state index contributed by atoms with van der Waals surface area (Å²) in [6, 6.07) is 4.77. The van der Waals surface area contributed by atoms with Crippen LogP contribution in [-0.2, 0) is 4.79 Å². The van der Waals surface area contributed by atoms with Crippen molar-refractivity contribution in [2.75, 3.05) is 37.7 Å². The standard InChI is InChI=1S/C16H14Cl4N4O2/c17-10-7-12(19)13(8-11(10)18)26-9-15(25)24-5-3-23(4-6-24)14-1-2-21-16(20)22-14/h1-2,7-8H,3-6,9H2. The Kier molecular flexibility index (Phi) is 6.29. The summed E-state index contributed by atoms with van der Waals surface area (Å²) in [5, 5.41) is 1.15. The zero-order valence-corrected chi connectivity index (χ0v) is 16.5. The molecule has 1 amide bonds. The quantitative estimate of drug-likeness (QED) is 0.539. The van der Waals surface area contributed by atoms with Crippen molar-refractivity contribution in [1.29, 1.82) is 0 Å². The molecule has 138 valence electrons. The Morgan fingerprint density at radius 2 is 1.73 bits per heavy atom. The number of halogens is 4. The molecule has 0 bridgehead atoms. The summed E-state index contributed by atoms with van der Waals surface area (Å²) in [6.07, 6.45) is 1.61. The number of ether oxygens (including phenoxy) is 1. The van der Waals surface area contributed by atoms with Crippen molar-refractivity contribution in [3.05, 3.63) is 44.7 Å². The average Bonchev–Trinajstić information content (AvgIpc) is 2.63. The molecule has 1 fully saturated rings. The third-order valence-electron chi connectivity index (χ3n) is 3.89. The molecular formula is C16H14Cl4N4O2. The molecule has 1 aliphatic heterocycles. The third-order valence-corrected chi connectivity index (χ3v) is 5.09. The van der Waals surface area contributed by atoms with E-state index in [1.807, 2.05) is 4.90 Å². The van der Waals surface area contributed by atoms with Gasteiger partial charge in [0.05, 0.1) is 15.1 Å². The number of hydrogen-bond acceptors (Lipinski definition) is 5. The molecule has 1 aromatic heterocycles. The topological polar surface area (TPSA) is 58.6 Å². The zero-order valence-electron chi connectivity index (χ0n) is 13.5. The minimum absolute atomic E-state index is 0.128. The molecule has 0 aliphatic carbocycles. The van der Waals surface area contributed by atoms with E-state index >= 15 is 0 Å². The van der Waals surface area contributed by atoms with Crippen LogP contribution >= 0.6 is 46.4 Å². The molecule has 2 heterocycles. The van der Waals surface area contributed by atoms with Crippen LogP contribution in [0.4, 0.5) is 5.82 Å². The number of aromatic nitrogens is 2. The minimum Gasteiger partial charge on any atom is -0.482 e. The first kappa shape index (κ1) is 19.3. The van der Waals surface area contributed by atoms with Gasteiger partial charge in [-0.15, -0.1) is 0 Å². The molecule has 3 rings (SSSR count). The SMILES string of the molecule is O=C(COc1cc(Cl)c(Cl)cc1Cl)N1CCN(c2ccnc(Cl)n2)CC1. The summed E-state index contributed by atoms with van der Waals surface area (Å²) >= 11 is 23.7. The fraction of sp³-hybridized carbons (Fsp3) is 0.312. The lowest BCUT2D eigenvalue weighted by Crippen LogP contribution is -2.50. The predicted molar refractivity (Wildman–Crippen MR) is 103 cm³/mol. The van der Waals surface area contributed by atoms with Crippen LogP contribution in [0.1, 0.15) is 0 Å². The molecule has 26 heavy (non-hydrogen) atoms. The molecule has 0 saturated carbocycles. The molecule has 2 aromatic rings. The Bertz CT molecular complexity index is 813. The molecular weight excluding hydrogens is 422 g/mol. The van der Waals surface area contributed by atoms with Crippen molar-refractivity contribution in [3.63, 3.8) is 0 Å². The van der Waals surface area contributed by atoms with E-state index in [1.165, 1.54) is 12.1 Å². The van der Waals surface area contributed by atoms with Crippen LogP contribution in [0.5, 0.6) is 5.75 Å². The summed E-state index contributed by atoms with van der Waals surface area (Å²) in [6.45, 7) is 2.27. The van der Waals surface area contributed by atoms with Gasteiger partial charge < -0.3 is 14.5 Å². The van der Waals surface area contributed by atoms with E-state index < -0.39 is 0 Å². The van der Waals surface area contributed by atoms with E-state index in [4.69, 9.17) is 51.1 Å². The second-order valence-corrected chi connectivity index (χ2v) is 7.10. The lowest BCUT2D eigenvalue weighted by Gasteiger charge is -2.35. The van der Waals surface area contributed by atoms with Gasteiger partial charge in [-0.1, -0.05) is 34.8 Å². The molecule has 0 unspecified atom stereocenters. The first-order valence-electron chi connectivity index (χ1n) is 7.72. The van der Waals surface area contributed by atoms with Crippen LogP contribution in [0.3, 0.4) is 0 Å². The number of carbonyl (C=O) groups is 1. The molecule has 1 aliphatic rings. The van der Waals surface area contributed by atoms with Gasteiger partial charge >= 0.3 is 0 Å². The van der Waals surface area contributed by atoms with Crippen LogP contribution in [0, 0.1) is 0 Å². The number of piperazine rings is 1. The number of carbonyl (C=O) groups excluding carboxylic acids is 1. The van der Waals surface area contributed by atoms with Crippen molar-refractivity contribution in [2.24, 2.45) is 0 Å². The highest BCUT2D eigenvalue weighted by Gasteiger charge is 2.22. The molecule has 0 atom stereocenters. The molecule has 1 aromatic carbocycles. The third kappa shape index (κ3) is 4.62. The molecule has 0 radical (unpaired) electrons. The highest BCUT2D eigenvalue weighted by molar-refractivity contribution is 6.43. The van der Waals surface area contributed by atoms with E-state index in [1.54, 1.807) is 17.2 Å². The van der Waals surface area contributed by atoms with Gasteiger partial charge in [-0.05, 0) is 23.7 Å². The van der Waals surface area contributed by atoms with E-state index in [0.29, 0.717) is 47.0 Å². The van der Waals surface area contributed by atoms with Gasteiger partial charge in [-0.2, -0.15) is 0 Å². The van der Waals surface area contributed by atoms with Crippen molar-refractivity contribution in [3.8, 4) is 5.75 Å². The van der Waals surface area contributed by atoms with Crippen LogP contribution in [0.25, 0.3) is 0 Å². The Hall–Kier alpha value is -1.47. The van der Waals surface area contributed by atoms with Crippen molar-refractivity contribution < 1.29 is 9.53 Å². The number of benzene rings is 1. The van der Waals surface area contributed by atoms with E-state index in [9.17, 15) is 4.79 Å². The summed E-state index contributed by atoms with van der Waals surface area (Å²) < 4.78 is 5.50. The molecule has 6 nitrogen and oxygen atoms in total. The fourth-order valence-corrected chi connectivity index (χ4v) is 3.27. The Morgan fingerprint density at radius 3 is 2.42 bits per heavy atom. The normalized spacial score (nSPS) is 14.5. The van der Waals surface area contributed by atoms with E-state index in [2.05, 4.69) is 9.97 Å². The first-order valence-corrected chi connectivity index (χ1v) is 9.24. The highest BCUT2D eigenvalue weighted by atomic mass is 35.5. The number of nitrogens with zero attached hydrogens (tertiary/aromatic N) is 4. The minimum atomic E-state index is -0.132. The first-order chi connectivity index (χ1) is 12.4. The maximum absolute atomic E-state index is 12.4. The van der Waals surface area contributed by atoms with Crippen LogP contribution in [-0.4, -0.2) is 53.6 Å². The largest absolute Gasteiger partial charge is 0.482 e. The number of hydrogen-bond donors (Lipinski definition) is 0. The summed E-state index contributed by atoms with van der Waals surface area (Å²) in [5.41, 5.74) is 0. The predicted octanol–water partition coefficient (Wildman–Crippen LogP) is 3.82. The summed E-state index contributed by atoms with van der Waals surface area (Å²) in [7, 11) is 0. The Labute approximate surface area is 170 Å². The lowest BCUT2D eigenvalue weighted by molar-refractivity contribution is -0.133. The van der Waals surface area contributed by atoms with Gasteiger partial charge in [0, 0.05) is 38.4 Å². The van der Waals surface area contributed by atoms with Crippen LogP contribution in [0.2, 0.25) is 20.4 Å². The number of anilines is 1.